The molecule has 0 aromatic carbocycles. The fourth-order valence-corrected chi connectivity index (χ4v) is 2.94. The number of cyclic esters (lactones) is 1. The van der Waals surface area contributed by atoms with Crippen molar-refractivity contribution in [3.8, 4) is 0 Å². The first-order valence-corrected chi connectivity index (χ1v) is 7.40. The standard InChI is InChI=1S/C14H20N4O4/c1-17-7-10(6-15-17)13(9-4-11(19)5-9)16-12(20)8-18-2-3-22-14(18)21/h6-7,9,11,13,19H,2-5,8H2,1H3,(H,16,20)/t9?,11?,13-/m0/s1. The van der Waals surface area contributed by atoms with Crippen molar-refractivity contribution in [1.29, 1.82) is 0 Å². The van der Waals surface area contributed by atoms with Gasteiger partial charge in [0, 0.05) is 18.8 Å². The molecule has 120 valence electrons. The molecule has 8 heteroatoms. The van der Waals surface area contributed by atoms with Gasteiger partial charge in [0.15, 0.2) is 0 Å². The number of rotatable bonds is 5. The lowest BCUT2D eigenvalue weighted by atomic mass is 9.75. The number of amides is 2. The molecule has 0 bridgehead atoms. The van der Waals surface area contributed by atoms with Crippen LogP contribution in [0.5, 0.6) is 0 Å². The van der Waals surface area contributed by atoms with E-state index in [2.05, 4.69) is 10.4 Å². The highest BCUT2D eigenvalue weighted by molar-refractivity contribution is 5.83. The fraction of sp³-hybridized carbons (Fsp3) is 0.643. The van der Waals surface area contributed by atoms with Gasteiger partial charge in [-0.15, -0.1) is 0 Å². The van der Waals surface area contributed by atoms with Gasteiger partial charge in [0.05, 0.1) is 24.9 Å². The van der Waals surface area contributed by atoms with E-state index >= 15 is 0 Å². The average molecular weight is 308 g/mol. The Morgan fingerprint density at radius 1 is 1.59 bits per heavy atom. The fourth-order valence-electron chi connectivity index (χ4n) is 2.94. The van der Waals surface area contributed by atoms with Crippen molar-refractivity contribution >= 4 is 12.0 Å². The molecule has 2 amide bonds. The number of aliphatic hydroxyl groups excluding tert-OH is 1. The molecule has 3 rings (SSSR count). The van der Waals surface area contributed by atoms with Gasteiger partial charge in [0.2, 0.25) is 5.91 Å². The van der Waals surface area contributed by atoms with Crippen LogP contribution in [0.15, 0.2) is 12.4 Å². The highest BCUT2D eigenvalue weighted by Crippen LogP contribution is 2.37. The Morgan fingerprint density at radius 3 is 2.91 bits per heavy atom. The summed E-state index contributed by atoms with van der Waals surface area (Å²) < 4.78 is 6.50. The minimum atomic E-state index is -0.452. The first-order chi connectivity index (χ1) is 10.5. The van der Waals surface area contributed by atoms with Crippen LogP contribution < -0.4 is 5.32 Å². The number of aliphatic hydroxyl groups is 1. The Balaban J connectivity index is 1.64. The first kappa shape index (κ1) is 14.8. The average Bonchev–Trinajstić information content (AvgIpc) is 3.02. The van der Waals surface area contributed by atoms with Crippen LogP contribution in [-0.4, -0.2) is 57.6 Å². The van der Waals surface area contributed by atoms with E-state index in [4.69, 9.17) is 4.74 Å². The van der Waals surface area contributed by atoms with Crippen molar-refractivity contribution in [3.05, 3.63) is 18.0 Å². The predicted molar refractivity (Wildman–Crippen MR) is 75.7 cm³/mol. The topological polar surface area (TPSA) is 96.7 Å². The van der Waals surface area contributed by atoms with Gasteiger partial charge >= 0.3 is 6.09 Å². The van der Waals surface area contributed by atoms with Crippen molar-refractivity contribution in [2.24, 2.45) is 13.0 Å². The molecule has 2 aliphatic rings. The number of carbonyl (C=O) groups is 2. The van der Waals surface area contributed by atoms with Crippen molar-refractivity contribution in [1.82, 2.24) is 20.0 Å². The number of aryl methyl sites for hydroxylation is 1. The molecule has 2 N–H and O–H groups in total. The summed E-state index contributed by atoms with van der Waals surface area (Å²) in [5.41, 5.74) is 0.914. The predicted octanol–water partition coefficient (Wildman–Crippen LogP) is -0.200. The Kier molecular flexibility index (Phi) is 4.02. The van der Waals surface area contributed by atoms with Crippen LogP contribution in [0.2, 0.25) is 0 Å². The summed E-state index contributed by atoms with van der Waals surface area (Å²) in [7, 11) is 1.82. The number of nitrogens with one attached hydrogen (secondary N) is 1. The lowest BCUT2D eigenvalue weighted by molar-refractivity contribution is -0.123. The second kappa shape index (κ2) is 5.96. The van der Waals surface area contributed by atoms with Crippen LogP contribution in [0.4, 0.5) is 4.79 Å². The molecule has 0 unspecified atom stereocenters. The second-order valence-electron chi connectivity index (χ2n) is 5.91. The maximum atomic E-state index is 12.2. The molecular formula is C14H20N4O4. The molecular weight excluding hydrogens is 288 g/mol. The molecule has 1 saturated heterocycles. The molecule has 1 aromatic heterocycles. The largest absolute Gasteiger partial charge is 0.448 e. The molecule has 0 radical (unpaired) electrons. The van der Waals surface area contributed by atoms with Crippen LogP contribution in [0, 0.1) is 5.92 Å². The van der Waals surface area contributed by atoms with Gasteiger partial charge in [-0.05, 0) is 18.8 Å². The summed E-state index contributed by atoms with van der Waals surface area (Å²) in [4.78, 5) is 25.0. The van der Waals surface area contributed by atoms with E-state index in [1.54, 1.807) is 10.9 Å². The SMILES string of the molecule is Cn1cc([C@@H](NC(=O)CN2CCOC2=O)C2CC(O)C2)cn1. The van der Waals surface area contributed by atoms with Gasteiger partial charge in [-0.3, -0.25) is 14.4 Å². The van der Waals surface area contributed by atoms with Crippen LogP contribution >= 0.6 is 0 Å². The number of aromatic nitrogens is 2. The summed E-state index contributed by atoms with van der Waals surface area (Å²) in [5, 5.41) is 16.6. The van der Waals surface area contributed by atoms with Gasteiger partial charge in [0.1, 0.15) is 13.2 Å². The van der Waals surface area contributed by atoms with Crippen LogP contribution in [0.3, 0.4) is 0 Å². The number of hydrogen-bond donors (Lipinski definition) is 2. The molecule has 1 aromatic rings. The van der Waals surface area contributed by atoms with E-state index in [-0.39, 0.29) is 30.5 Å². The summed E-state index contributed by atoms with van der Waals surface area (Å²) >= 11 is 0. The van der Waals surface area contributed by atoms with Gasteiger partial charge < -0.3 is 15.2 Å². The molecule has 22 heavy (non-hydrogen) atoms. The molecule has 0 spiro atoms. The molecule has 1 atom stereocenters. The molecule has 2 heterocycles. The number of nitrogens with zero attached hydrogens (tertiary/aromatic N) is 3. The first-order valence-electron chi connectivity index (χ1n) is 7.40. The number of hydrogen-bond acceptors (Lipinski definition) is 5. The molecule has 2 fully saturated rings. The molecule has 1 aliphatic heterocycles. The third kappa shape index (κ3) is 3.06. The van der Waals surface area contributed by atoms with Gasteiger partial charge in [-0.1, -0.05) is 0 Å². The van der Waals surface area contributed by atoms with Gasteiger partial charge in [-0.2, -0.15) is 5.10 Å². The van der Waals surface area contributed by atoms with E-state index in [0.717, 1.165) is 5.56 Å². The number of ether oxygens (including phenoxy) is 1. The quantitative estimate of drug-likeness (QED) is 0.785. The van der Waals surface area contributed by atoms with Crippen molar-refractivity contribution < 1.29 is 19.4 Å². The van der Waals surface area contributed by atoms with Crippen LogP contribution in [0.25, 0.3) is 0 Å². The lowest BCUT2D eigenvalue weighted by Gasteiger charge is -2.37. The van der Waals surface area contributed by atoms with Gasteiger partial charge in [0.25, 0.3) is 0 Å². The zero-order valence-corrected chi connectivity index (χ0v) is 12.4. The van der Waals surface area contributed by atoms with E-state index < -0.39 is 6.09 Å². The van der Waals surface area contributed by atoms with Crippen molar-refractivity contribution in [2.75, 3.05) is 19.7 Å². The molecule has 1 aliphatic carbocycles. The summed E-state index contributed by atoms with van der Waals surface area (Å²) in [6.07, 6.45) is 4.15. The Bertz CT molecular complexity index is 567. The minimum absolute atomic E-state index is 0.00906. The number of carbonyl (C=O) groups excluding carboxylic acids is 2. The van der Waals surface area contributed by atoms with E-state index in [1.807, 2.05) is 13.2 Å². The zero-order valence-electron chi connectivity index (χ0n) is 12.4. The maximum absolute atomic E-state index is 12.2. The normalized spacial score (nSPS) is 25.5. The smallest absolute Gasteiger partial charge is 0.410 e. The van der Waals surface area contributed by atoms with Crippen LogP contribution in [0.1, 0.15) is 24.4 Å². The van der Waals surface area contributed by atoms with Gasteiger partial charge in [-0.25, -0.2) is 4.79 Å². The Morgan fingerprint density at radius 2 is 2.36 bits per heavy atom. The summed E-state index contributed by atoms with van der Waals surface area (Å²) in [6.45, 7) is 0.754. The van der Waals surface area contributed by atoms with Crippen molar-refractivity contribution in [2.45, 2.75) is 25.0 Å². The Labute approximate surface area is 128 Å². The monoisotopic (exact) mass is 308 g/mol. The lowest BCUT2D eigenvalue weighted by Crippen LogP contribution is -2.44. The Hall–Kier alpha value is -2.09. The van der Waals surface area contributed by atoms with Crippen LogP contribution in [-0.2, 0) is 16.6 Å². The highest BCUT2D eigenvalue weighted by Gasteiger charge is 2.36. The second-order valence-corrected chi connectivity index (χ2v) is 5.91. The van der Waals surface area contributed by atoms with Crippen molar-refractivity contribution in [3.63, 3.8) is 0 Å². The van der Waals surface area contributed by atoms with E-state index in [9.17, 15) is 14.7 Å². The van der Waals surface area contributed by atoms with E-state index in [1.165, 1.54) is 4.90 Å². The maximum Gasteiger partial charge on any atom is 0.410 e. The molecule has 8 nitrogen and oxygen atoms in total. The third-order valence-corrected chi connectivity index (χ3v) is 4.20. The van der Waals surface area contributed by atoms with E-state index in [0.29, 0.717) is 26.0 Å². The highest BCUT2D eigenvalue weighted by atomic mass is 16.6. The minimum Gasteiger partial charge on any atom is -0.448 e. The third-order valence-electron chi connectivity index (χ3n) is 4.20. The summed E-state index contributed by atoms with van der Waals surface area (Å²) in [5.74, 6) is -0.0391. The molecule has 1 saturated carbocycles. The summed E-state index contributed by atoms with van der Waals surface area (Å²) in [6, 6.07) is -0.191. The zero-order chi connectivity index (χ0) is 15.7.